The number of rotatable bonds is 10. The molecule has 28 heavy (non-hydrogen) atoms. The van der Waals surface area contributed by atoms with E-state index in [2.05, 4.69) is 28.9 Å². The number of hydrazone groups is 1. The van der Waals surface area contributed by atoms with Gasteiger partial charge >= 0.3 is 0 Å². The first-order chi connectivity index (χ1) is 13.6. The molecule has 2 heterocycles. The van der Waals surface area contributed by atoms with Gasteiger partial charge in [-0.05, 0) is 38.2 Å². The number of nitrogens with two attached hydrogens (primary N) is 1. The van der Waals surface area contributed by atoms with Crippen LogP contribution in [0.3, 0.4) is 0 Å². The Morgan fingerprint density at radius 3 is 3.04 bits per heavy atom. The zero-order chi connectivity index (χ0) is 20.4. The molecule has 8 heteroatoms. The fourth-order valence-corrected chi connectivity index (χ4v) is 3.20. The molecule has 1 atom stereocenters. The van der Waals surface area contributed by atoms with Crippen LogP contribution in [0.25, 0.3) is 0 Å². The Kier molecular flexibility index (Phi) is 8.15. The average Bonchev–Trinajstić information content (AvgIpc) is 3.15. The average molecular weight is 380 g/mol. The second-order valence-electron chi connectivity index (χ2n) is 6.57. The van der Waals surface area contributed by atoms with E-state index in [-0.39, 0.29) is 6.04 Å². The normalized spacial score (nSPS) is 17.0. The Hall–Kier alpha value is -3.21. The quantitative estimate of drug-likeness (QED) is 0.280. The summed E-state index contributed by atoms with van der Waals surface area (Å²) in [6, 6.07) is 2.07. The van der Waals surface area contributed by atoms with Crippen LogP contribution in [0, 0.1) is 16.7 Å². The van der Waals surface area contributed by atoms with Crippen LogP contribution in [0.4, 0.5) is 0 Å². The third-order valence-corrected chi connectivity index (χ3v) is 4.62. The van der Waals surface area contributed by atoms with Crippen molar-refractivity contribution >= 4 is 18.4 Å². The maximum atomic E-state index is 8.52. The van der Waals surface area contributed by atoms with Gasteiger partial charge in [0.25, 0.3) is 0 Å². The van der Waals surface area contributed by atoms with Crippen LogP contribution in [0.2, 0.25) is 0 Å². The van der Waals surface area contributed by atoms with Crippen molar-refractivity contribution in [3.8, 4) is 6.07 Å². The van der Waals surface area contributed by atoms with Gasteiger partial charge in [-0.15, -0.1) is 0 Å². The summed E-state index contributed by atoms with van der Waals surface area (Å²) in [4.78, 5) is 8.98. The second-order valence-corrected chi connectivity index (χ2v) is 6.57. The molecule has 0 fully saturated rings. The first-order valence-corrected chi connectivity index (χ1v) is 9.54. The molecule has 0 aromatic carbocycles. The Balaban J connectivity index is 2.13. The van der Waals surface area contributed by atoms with Gasteiger partial charge in [0.05, 0.1) is 30.1 Å². The number of aromatic nitrogens is 2. The molecule has 1 aromatic rings. The first-order valence-electron chi connectivity index (χ1n) is 9.54. The molecule has 8 nitrogen and oxygen atoms in total. The highest BCUT2D eigenvalue weighted by Gasteiger charge is 2.23. The number of hydrogen-bond acceptors (Lipinski definition) is 6. The second kappa shape index (κ2) is 10.8. The highest BCUT2D eigenvalue weighted by molar-refractivity contribution is 5.95. The van der Waals surface area contributed by atoms with Gasteiger partial charge in [-0.25, -0.2) is 15.0 Å². The number of nitrogens with zero attached hydrogens (tertiary/aromatic N) is 6. The maximum absolute atomic E-state index is 8.52. The van der Waals surface area contributed by atoms with Gasteiger partial charge in [-0.1, -0.05) is 19.4 Å². The molecule has 3 N–H and O–H groups in total. The summed E-state index contributed by atoms with van der Waals surface area (Å²) in [6.07, 6.45) is 14.1. The molecule has 0 saturated carbocycles. The number of nitriles is 1. The van der Waals surface area contributed by atoms with E-state index in [1.54, 1.807) is 17.5 Å². The van der Waals surface area contributed by atoms with E-state index < -0.39 is 0 Å². The summed E-state index contributed by atoms with van der Waals surface area (Å²) in [6.45, 7) is 4.81. The van der Waals surface area contributed by atoms with Crippen molar-refractivity contribution in [2.45, 2.75) is 58.5 Å². The molecule has 2 rings (SSSR count). The maximum Gasteiger partial charge on any atom is 0.153 e. The van der Waals surface area contributed by atoms with E-state index in [0.717, 1.165) is 31.4 Å². The van der Waals surface area contributed by atoms with Crippen molar-refractivity contribution in [3.63, 3.8) is 0 Å². The lowest BCUT2D eigenvalue weighted by atomic mass is 9.99. The van der Waals surface area contributed by atoms with Crippen molar-refractivity contribution in [1.82, 2.24) is 14.6 Å². The van der Waals surface area contributed by atoms with Crippen molar-refractivity contribution in [1.29, 1.82) is 10.7 Å². The highest BCUT2D eigenvalue weighted by atomic mass is 15.5. The van der Waals surface area contributed by atoms with Crippen molar-refractivity contribution in [2.24, 2.45) is 15.8 Å². The summed E-state index contributed by atoms with van der Waals surface area (Å²) >= 11 is 0. The summed E-state index contributed by atoms with van der Waals surface area (Å²) in [5.41, 5.74) is 8.15. The SMILES string of the molecule is CCCC1=C(Cn2ccnc2C(=N)CCC/C=C/C#N)N=CN(/N=C\N)C1C. The van der Waals surface area contributed by atoms with E-state index in [9.17, 15) is 0 Å². The van der Waals surface area contributed by atoms with E-state index >= 15 is 0 Å². The molecule has 0 spiro atoms. The van der Waals surface area contributed by atoms with Crippen LogP contribution in [0.1, 0.15) is 51.8 Å². The van der Waals surface area contributed by atoms with Crippen LogP contribution in [0.5, 0.6) is 0 Å². The Labute approximate surface area is 166 Å². The van der Waals surface area contributed by atoms with Crippen LogP contribution in [-0.2, 0) is 6.54 Å². The molecule has 1 aliphatic rings. The molecular formula is C20H28N8. The fraction of sp³-hybridized carbons (Fsp3) is 0.450. The molecule has 1 aromatic heterocycles. The Bertz CT molecular complexity index is 822. The number of imidazole rings is 1. The summed E-state index contributed by atoms with van der Waals surface area (Å²) in [7, 11) is 0. The predicted octanol–water partition coefficient (Wildman–Crippen LogP) is 3.19. The molecule has 0 saturated heterocycles. The van der Waals surface area contributed by atoms with Crippen LogP contribution < -0.4 is 5.73 Å². The lowest BCUT2D eigenvalue weighted by molar-refractivity contribution is 0.376. The summed E-state index contributed by atoms with van der Waals surface area (Å²) < 4.78 is 1.98. The van der Waals surface area contributed by atoms with Crippen LogP contribution in [0.15, 0.2) is 45.9 Å². The molecule has 0 bridgehead atoms. The van der Waals surface area contributed by atoms with Gasteiger partial charge in [-0.2, -0.15) is 10.4 Å². The first kappa shape index (κ1) is 21.1. The van der Waals surface area contributed by atoms with E-state index in [4.69, 9.17) is 16.4 Å². The number of hydrogen-bond donors (Lipinski definition) is 2. The number of allylic oxidation sites excluding steroid dienone is 3. The third kappa shape index (κ3) is 5.39. The van der Waals surface area contributed by atoms with E-state index in [1.807, 2.05) is 22.9 Å². The highest BCUT2D eigenvalue weighted by Crippen LogP contribution is 2.25. The largest absolute Gasteiger partial charge is 0.388 e. The van der Waals surface area contributed by atoms with Gasteiger partial charge < -0.3 is 15.7 Å². The van der Waals surface area contributed by atoms with Gasteiger partial charge in [0.2, 0.25) is 0 Å². The number of aliphatic imine (C=N–C) groups is 1. The minimum absolute atomic E-state index is 0.0885. The Morgan fingerprint density at radius 2 is 2.32 bits per heavy atom. The smallest absolute Gasteiger partial charge is 0.153 e. The molecular weight excluding hydrogens is 352 g/mol. The molecule has 0 aliphatic carbocycles. The minimum atomic E-state index is 0.0885. The number of unbranched alkanes of at least 4 members (excludes halogenated alkanes) is 1. The van der Waals surface area contributed by atoms with Gasteiger partial charge in [0.1, 0.15) is 12.7 Å². The lowest BCUT2D eigenvalue weighted by Crippen LogP contribution is -2.33. The lowest BCUT2D eigenvalue weighted by Gasteiger charge is -2.29. The molecule has 1 aliphatic heterocycles. The van der Waals surface area contributed by atoms with Crippen LogP contribution >= 0.6 is 0 Å². The number of nitrogens with one attached hydrogen (secondary N) is 1. The molecule has 148 valence electrons. The van der Waals surface area contributed by atoms with E-state index in [0.29, 0.717) is 24.5 Å². The van der Waals surface area contributed by atoms with Gasteiger partial charge in [-0.3, -0.25) is 0 Å². The third-order valence-electron chi connectivity index (χ3n) is 4.62. The zero-order valence-corrected chi connectivity index (χ0v) is 16.5. The van der Waals surface area contributed by atoms with Crippen molar-refractivity contribution in [3.05, 3.63) is 41.6 Å². The predicted molar refractivity (Wildman–Crippen MR) is 112 cm³/mol. The Morgan fingerprint density at radius 1 is 1.50 bits per heavy atom. The zero-order valence-electron chi connectivity index (χ0n) is 16.5. The monoisotopic (exact) mass is 380 g/mol. The summed E-state index contributed by atoms with van der Waals surface area (Å²) in [5, 5.41) is 22.8. The van der Waals surface area contributed by atoms with E-state index in [1.165, 1.54) is 18.0 Å². The summed E-state index contributed by atoms with van der Waals surface area (Å²) in [5.74, 6) is 0.665. The standard InChI is InChI=1S/C20H28N8/c1-3-8-17-16(2)28(26-14-22)15-25-19(17)13-27-12-11-24-20(27)18(23)9-6-4-5-7-10-21/h5,7,11-12,14-16,23H,3-4,6,8-9,13H2,1-2H3,(H2,22,26)/b7-5+,23-18?. The van der Waals surface area contributed by atoms with Gasteiger partial charge in [0.15, 0.2) is 5.82 Å². The fourth-order valence-electron chi connectivity index (χ4n) is 3.20. The van der Waals surface area contributed by atoms with Crippen molar-refractivity contribution < 1.29 is 0 Å². The molecule has 1 unspecified atom stereocenters. The molecule has 0 amide bonds. The van der Waals surface area contributed by atoms with Crippen molar-refractivity contribution in [2.75, 3.05) is 0 Å². The topological polar surface area (TPSA) is 119 Å². The molecule has 0 radical (unpaired) electrons. The van der Waals surface area contributed by atoms with Gasteiger partial charge in [0, 0.05) is 18.5 Å². The minimum Gasteiger partial charge on any atom is -0.388 e. The van der Waals surface area contributed by atoms with Crippen LogP contribution in [-0.4, -0.2) is 39.0 Å².